The minimum absolute atomic E-state index is 0.0167. The lowest BCUT2D eigenvalue weighted by Crippen LogP contribution is -2.35. The quantitative estimate of drug-likeness (QED) is 0.570. The van der Waals surface area contributed by atoms with Crippen LogP contribution in [0, 0.1) is 11.6 Å². The second kappa shape index (κ2) is 6.82. The molecular weight excluding hydrogens is 280 g/mol. The van der Waals surface area contributed by atoms with Gasteiger partial charge in [-0.15, -0.1) is 0 Å². The van der Waals surface area contributed by atoms with Crippen LogP contribution in [0.5, 0.6) is 0 Å². The molecule has 2 rings (SSSR count). The molecular formula is C14H19F2N3O2. The third-order valence-corrected chi connectivity index (χ3v) is 3.77. The van der Waals surface area contributed by atoms with Crippen molar-refractivity contribution in [2.45, 2.75) is 31.7 Å². The maximum Gasteiger partial charge on any atom is 0.254 e. The van der Waals surface area contributed by atoms with E-state index in [-0.39, 0.29) is 18.2 Å². The van der Waals surface area contributed by atoms with Gasteiger partial charge in [-0.3, -0.25) is 10.6 Å². The maximum absolute atomic E-state index is 13.7. The Hall–Kier alpha value is -1.73. The van der Waals surface area contributed by atoms with E-state index in [0.29, 0.717) is 19.4 Å². The Labute approximate surface area is 121 Å². The lowest BCUT2D eigenvalue weighted by atomic mass is 10.1. The van der Waals surface area contributed by atoms with Gasteiger partial charge in [-0.05, 0) is 37.8 Å². The van der Waals surface area contributed by atoms with Crippen LogP contribution >= 0.6 is 0 Å². The average molecular weight is 299 g/mol. The molecule has 1 aromatic rings. The van der Waals surface area contributed by atoms with Gasteiger partial charge in [-0.25, -0.2) is 8.78 Å². The predicted octanol–water partition coefficient (Wildman–Crippen LogP) is 1.63. The minimum Gasteiger partial charge on any atom is -0.396 e. The highest BCUT2D eigenvalue weighted by molar-refractivity contribution is 5.95. The number of anilines is 1. The van der Waals surface area contributed by atoms with Crippen molar-refractivity contribution in [3.8, 4) is 0 Å². The molecule has 1 aromatic carbocycles. The Balaban J connectivity index is 2.19. The number of nitrogens with zero attached hydrogens (tertiary/aromatic N) is 1. The van der Waals surface area contributed by atoms with Gasteiger partial charge in [0.15, 0.2) is 11.6 Å². The van der Waals surface area contributed by atoms with E-state index in [1.165, 1.54) is 0 Å². The van der Waals surface area contributed by atoms with E-state index in [4.69, 9.17) is 10.9 Å². The third-order valence-electron chi connectivity index (χ3n) is 3.77. The zero-order chi connectivity index (χ0) is 15.4. The average Bonchev–Trinajstić information content (AvgIpc) is 2.92. The topological polar surface area (TPSA) is 78.6 Å². The number of amides is 1. The van der Waals surface area contributed by atoms with Gasteiger partial charge in [0.25, 0.3) is 5.91 Å². The largest absolute Gasteiger partial charge is 0.396 e. The van der Waals surface area contributed by atoms with Gasteiger partial charge in [-0.1, -0.05) is 0 Å². The molecule has 1 unspecified atom stereocenters. The zero-order valence-electron chi connectivity index (χ0n) is 11.6. The molecule has 0 saturated carbocycles. The van der Waals surface area contributed by atoms with Gasteiger partial charge in [0.1, 0.15) is 5.69 Å². The number of likely N-dealkylation sites (tertiary alicyclic amines) is 1. The molecule has 0 radical (unpaired) electrons. The minimum atomic E-state index is -0.896. The molecule has 1 aliphatic heterocycles. The van der Waals surface area contributed by atoms with E-state index >= 15 is 0 Å². The first-order chi connectivity index (χ1) is 10.1. The first-order valence-corrected chi connectivity index (χ1v) is 6.96. The lowest BCUT2D eigenvalue weighted by Gasteiger charge is -2.25. The third kappa shape index (κ3) is 3.30. The van der Waals surface area contributed by atoms with Gasteiger partial charge in [0.05, 0.1) is 0 Å². The lowest BCUT2D eigenvalue weighted by molar-refractivity contribution is 0.0723. The van der Waals surface area contributed by atoms with Crippen molar-refractivity contribution in [2.24, 2.45) is 5.84 Å². The van der Waals surface area contributed by atoms with Crippen molar-refractivity contribution < 1.29 is 18.7 Å². The molecule has 5 nitrogen and oxygen atoms in total. The number of carbonyl (C=O) groups is 1. The highest BCUT2D eigenvalue weighted by Gasteiger charge is 2.29. The summed E-state index contributed by atoms with van der Waals surface area (Å²) in [6, 6.07) is 1.99. The molecule has 0 aliphatic carbocycles. The van der Waals surface area contributed by atoms with E-state index < -0.39 is 23.2 Å². The van der Waals surface area contributed by atoms with Crippen molar-refractivity contribution in [1.29, 1.82) is 0 Å². The van der Waals surface area contributed by atoms with Gasteiger partial charge >= 0.3 is 0 Å². The summed E-state index contributed by atoms with van der Waals surface area (Å²) in [7, 11) is 0. The molecule has 1 saturated heterocycles. The Kier molecular flexibility index (Phi) is 5.08. The van der Waals surface area contributed by atoms with Crippen LogP contribution < -0.4 is 11.3 Å². The molecule has 1 amide bonds. The van der Waals surface area contributed by atoms with Crippen molar-refractivity contribution in [3.05, 3.63) is 29.3 Å². The van der Waals surface area contributed by atoms with Crippen LogP contribution in [0.15, 0.2) is 12.1 Å². The molecule has 1 heterocycles. The van der Waals surface area contributed by atoms with Gasteiger partial charge in [0, 0.05) is 24.8 Å². The van der Waals surface area contributed by atoms with Crippen LogP contribution in [0.4, 0.5) is 14.5 Å². The SMILES string of the molecule is NNc1c(F)cc(C(=O)N2CCCC2CCCO)cc1F. The number of aliphatic hydroxyl groups excluding tert-OH is 1. The molecule has 1 atom stereocenters. The standard InChI is InChI=1S/C14H19F2N3O2/c15-11-7-9(8-12(16)13(11)18-17)14(21)19-5-1-3-10(19)4-2-6-20/h7-8,10,18,20H,1-6,17H2. The van der Waals surface area contributed by atoms with Crippen LogP contribution in [0.3, 0.4) is 0 Å². The van der Waals surface area contributed by atoms with Crippen LogP contribution in [0.1, 0.15) is 36.0 Å². The second-order valence-corrected chi connectivity index (χ2v) is 5.12. The van der Waals surface area contributed by atoms with E-state index in [1.54, 1.807) is 4.90 Å². The van der Waals surface area contributed by atoms with E-state index in [1.807, 2.05) is 5.43 Å². The predicted molar refractivity (Wildman–Crippen MR) is 74.5 cm³/mol. The maximum atomic E-state index is 13.7. The monoisotopic (exact) mass is 299 g/mol. The summed E-state index contributed by atoms with van der Waals surface area (Å²) in [5.74, 6) is 2.84. The number of hydrogen-bond acceptors (Lipinski definition) is 4. The summed E-state index contributed by atoms with van der Waals surface area (Å²) in [6.45, 7) is 0.633. The summed E-state index contributed by atoms with van der Waals surface area (Å²) in [5.41, 5.74) is 1.45. The molecule has 4 N–H and O–H groups in total. The number of carbonyl (C=O) groups excluding carboxylic acids is 1. The summed E-state index contributed by atoms with van der Waals surface area (Å²) in [6.07, 6.45) is 3.00. The van der Waals surface area contributed by atoms with E-state index in [2.05, 4.69) is 0 Å². The smallest absolute Gasteiger partial charge is 0.254 e. The fourth-order valence-electron chi connectivity index (χ4n) is 2.73. The van der Waals surface area contributed by atoms with Gasteiger partial charge in [-0.2, -0.15) is 0 Å². The summed E-state index contributed by atoms with van der Waals surface area (Å²) in [5, 5.41) is 8.88. The highest BCUT2D eigenvalue weighted by atomic mass is 19.1. The number of rotatable bonds is 5. The zero-order valence-corrected chi connectivity index (χ0v) is 11.6. The highest BCUT2D eigenvalue weighted by Crippen LogP contribution is 2.26. The molecule has 0 bridgehead atoms. The molecule has 0 aromatic heterocycles. The number of halogens is 2. The Morgan fingerprint density at radius 3 is 2.67 bits per heavy atom. The molecule has 21 heavy (non-hydrogen) atoms. The Morgan fingerprint density at radius 2 is 2.10 bits per heavy atom. The summed E-state index contributed by atoms with van der Waals surface area (Å²) >= 11 is 0. The number of hydrazine groups is 1. The summed E-state index contributed by atoms with van der Waals surface area (Å²) < 4.78 is 27.3. The number of hydrogen-bond donors (Lipinski definition) is 3. The van der Waals surface area contributed by atoms with Crippen molar-refractivity contribution >= 4 is 11.6 Å². The first-order valence-electron chi connectivity index (χ1n) is 6.96. The van der Waals surface area contributed by atoms with Crippen LogP contribution in [0.25, 0.3) is 0 Å². The van der Waals surface area contributed by atoms with E-state index in [9.17, 15) is 13.6 Å². The first kappa shape index (κ1) is 15.7. The molecule has 116 valence electrons. The summed E-state index contributed by atoms with van der Waals surface area (Å²) in [4.78, 5) is 14.0. The Bertz CT molecular complexity index is 502. The van der Waals surface area contributed by atoms with Crippen molar-refractivity contribution in [3.63, 3.8) is 0 Å². The van der Waals surface area contributed by atoms with Gasteiger partial charge < -0.3 is 15.4 Å². The van der Waals surface area contributed by atoms with Crippen molar-refractivity contribution in [1.82, 2.24) is 4.90 Å². The van der Waals surface area contributed by atoms with Gasteiger partial charge in [0.2, 0.25) is 0 Å². The van der Waals surface area contributed by atoms with E-state index in [0.717, 1.165) is 25.0 Å². The Morgan fingerprint density at radius 1 is 1.43 bits per heavy atom. The second-order valence-electron chi connectivity index (χ2n) is 5.12. The fraction of sp³-hybridized carbons (Fsp3) is 0.500. The number of nitrogens with two attached hydrogens (primary N) is 1. The number of nitrogens with one attached hydrogen (secondary N) is 1. The number of nitrogen functional groups attached to an aromatic ring is 1. The molecule has 7 heteroatoms. The normalized spacial score (nSPS) is 18.1. The van der Waals surface area contributed by atoms with Crippen molar-refractivity contribution in [2.75, 3.05) is 18.6 Å². The number of benzene rings is 1. The van der Waals surface area contributed by atoms with Crippen LogP contribution in [-0.2, 0) is 0 Å². The fourth-order valence-corrected chi connectivity index (χ4v) is 2.73. The number of aliphatic hydroxyl groups is 1. The van der Waals surface area contributed by atoms with Crippen LogP contribution in [0.2, 0.25) is 0 Å². The molecule has 1 aliphatic rings. The molecule has 1 fully saturated rings. The molecule has 0 spiro atoms. The van der Waals surface area contributed by atoms with Crippen LogP contribution in [-0.4, -0.2) is 35.1 Å².